The van der Waals surface area contributed by atoms with E-state index in [0.29, 0.717) is 17.4 Å². The first kappa shape index (κ1) is 19.2. The molecule has 1 aromatic heterocycles. The van der Waals surface area contributed by atoms with Gasteiger partial charge in [0.25, 0.3) is 0 Å². The van der Waals surface area contributed by atoms with Crippen LogP contribution in [0.4, 0.5) is 5.69 Å². The molecule has 2 aromatic rings. The molecule has 134 valence electrons. The van der Waals surface area contributed by atoms with Gasteiger partial charge in [-0.25, -0.2) is 13.6 Å². The minimum absolute atomic E-state index is 0.0130. The van der Waals surface area contributed by atoms with Gasteiger partial charge in [-0.05, 0) is 38.1 Å². The van der Waals surface area contributed by atoms with Crippen LogP contribution in [-0.2, 0) is 21.4 Å². The van der Waals surface area contributed by atoms with Crippen LogP contribution in [0.15, 0.2) is 47.0 Å². The van der Waals surface area contributed by atoms with Crippen LogP contribution >= 0.6 is 11.8 Å². The molecule has 0 bridgehead atoms. The number of primary sulfonamides is 1. The molecule has 3 N–H and O–H groups in total. The Kier molecular flexibility index (Phi) is 5.98. The van der Waals surface area contributed by atoms with Crippen LogP contribution < -0.4 is 10.5 Å². The summed E-state index contributed by atoms with van der Waals surface area (Å²) in [6.07, 6.45) is 1.73. The Labute approximate surface area is 150 Å². The molecule has 0 saturated heterocycles. The summed E-state index contributed by atoms with van der Waals surface area (Å²) >= 11 is 1.28. The summed E-state index contributed by atoms with van der Waals surface area (Å²) in [4.78, 5) is 12.3. The van der Waals surface area contributed by atoms with Crippen LogP contribution in [0.3, 0.4) is 0 Å². The van der Waals surface area contributed by atoms with Gasteiger partial charge in [-0.3, -0.25) is 4.79 Å². The third-order valence-electron chi connectivity index (χ3n) is 3.32. The third-order valence-corrected chi connectivity index (χ3v) is 5.32. The largest absolute Gasteiger partial charge is 0.325 e. The molecule has 0 aliphatic carbocycles. The summed E-state index contributed by atoms with van der Waals surface area (Å²) in [6.45, 7) is 7.84. The number of hydrogen-bond acceptors (Lipinski definition) is 6. The van der Waals surface area contributed by atoms with Gasteiger partial charge in [-0.15, -0.1) is 16.8 Å². The highest BCUT2D eigenvalue weighted by molar-refractivity contribution is 8.00. The number of sulfonamides is 1. The van der Waals surface area contributed by atoms with Crippen LogP contribution in [0.2, 0.25) is 0 Å². The lowest BCUT2D eigenvalue weighted by Gasteiger charge is -2.12. The molecule has 0 aliphatic heterocycles. The molecule has 25 heavy (non-hydrogen) atoms. The molecule has 0 saturated carbocycles. The zero-order chi connectivity index (χ0) is 18.6. The Morgan fingerprint density at radius 2 is 2.04 bits per heavy atom. The summed E-state index contributed by atoms with van der Waals surface area (Å²) in [5, 5.41) is 16.0. The zero-order valence-corrected chi connectivity index (χ0v) is 15.5. The number of amides is 1. The smallest absolute Gasteiger partial charge is 0.238 e. The van der Waals surface area contributed by atoms with Gasteiger partial charge in [0.1, 0.15) is 5.82 Å². The summed E-state index contributed by atoms with van der Waals surface area (Å²) in [6, 6.07) is 5.65. The molecule has 0 spiro atoms. The Morgan fingerprint density at radius 3 is 2.60 bits per heavy atom. The number of benzene rings is 1. The minimum atomic E-state index is -3.76. The topological polar surface area (TPSA) is 120 Å². The number of rotatable bonds is 7. The van der Waals surface area contributed by atoms with Gasteiger partial charge in [0, 0.05) is 12.2 Å². The number of allylic oxidation sites excluding steroid dienone is 1. The second kappa shape index (κ2) is 7.81. The predicted octanol–water partition coefficient (Wildman–Crippen LogP) is 1.54. The molecule has 2 rings (SSSR count). The predicted molar refractivity (Wildman–Crippen MR) is 96.7 cm³/mol. The number of nitrogens with zero attached hydrogens (tertiary/aromatic N) is 3. The van der Waals surface area contributed by atoms with Crippen molar-refractivity contribution in [2.75, 3.05) is 5.32 Å². The van der Waals surface area contributed by atoms with E-state index in [1.807, 2.05) is 11.5 Å². The summed E-state index contributed by atoms with van der Waals surface area (Å²) in [5.74, 6) is 0.507. The van der Waals surface area contributed by atoms with E-state index >= 15 is 0 Å². The normalized spacial score (nSPS) is 12.6. The lowest BCUT2D eigenvalue weighted by atomic mass is 10.3. The fraction of sp³-hybridized carbons (Fsp3) is 0.267. The molecular weight excluding hydrogens is 362 g/mol. The first-order chi connectivity index (χ1) is 11.7. The van der Waals surface area contributed by atoms with E-state index in [1.54, 1.807) is 13.0 Å². The maximum atomic E-state index is 12.3. The van der Waals surface area contributed by atoms with E-state index in [0.717, 1.165) is 5.82 Å². The standard InChI is InChI=1S/C15H19N5O3S2/c1-4-9-20-11(3)18-19-15(20)24-10(2)14(21)17-12-5-7-13(8-6-12)25(16,22)23/h4-8,10H,1,9H2,2-3H3,(H,17,21)(H2,16,22,23)/t10-/m1/s1. The maximum Gasteiger partial charge on any atom is 0.238 e. The first-order valence-electron chi connectivity index (χ1n) is 7.33. The number of nitrogens with two attached hydrogens (primary N) is 1. The SMILES string of the molecule is C=CCn1c(C)nnc1S[C@H](C)C(=O)Nc1ccc(S(N)(=O)=O)cc1. The molecule has 0 fully saturated rings. The van der Waals surface area contributed by atoms with Crippen molar-refractivity contribution in [2.45, 2.75) is 35.7 Å². The molecular formula is C15H19N5O3S2. The summed E-state index contributed by atoms with van der Waals surface area (Å²) in [7, 11) is -3.76. The monoisotopic (exact) mass is 381 g/mol. The van der Waals surface area contributed by atoms with E-state index < -0.39 is 15.3 Å². The van der Waals surface area contributed by atoms with E-state index in [-0.39, 0.29) is 10.8 Å². The molecule has 0 aliphatic rings. The van der Waals surface area contributed by atoms with Gasteiger partial charge in [0.15, 0.2) is 5.16 Å². The van der Waals surface area contributed by atoms with Gasteiger partial charge < -0.3 is 9.88 Å². The highest BCUT2D eigenvalue weighted by atomic mass is 32.2. The van der Waals surface area contributed by atoms with Crippen molar-refractivity contribution in [1.82, 2.24) is 14.8 Å². The average Bonchev–Trinajstić information content (AvgIpc) is 2.88. The second-order valence-electron chi connectivity index (χ2n) is 5.25. The molecule has 1 atom stereocenters. The van der Waals surface area contributed by atoms with E-state index in [4.69, 9.17) is 5.14 Å². The fourth-order valence-electron chi connectivity index (χ4n) is 1.97. The molecule has 10 heteroatoms. The first-order valence-corrected chi connectivity index (χ1v) is 9.76. The average molecular weight is 381 g/mol. The lowest BCUT2D eigenvalue weighted by molar-refractivity contribution is -0.115. The van der Waals surface area contributed by atoms with Crippen LogP contribution in [0.5, 0.6) is 0 Å². The number of aromatic nitrogens is 3. The molecule has 0 unspecified atom stereocenters. The van der Waals surface area contributed by atoms with Crippen LogP contribution in [-0.4, -0.2) is 34.3 Å². The fourth-order valence-corrected chi connectivity index (χ4v) is 3.39. The number of carbonyl (C=O) groups excluding carboxylic acids is 1. The number of aryl methyl sites for hydroxylation is 1. The van der Waals surface area contributed by atoms with Crippen LogP contribution in [0, 0.1) is 6.92 Å². The van der Waals surface area contributed by atoms with Crippen LogP contribution in [0.1, 0.15) is 12.7 Å². The number of nitrogens with one attached hydrogen (secondary N) is 1. The van der Waals surface area contributed by atoms with E-state index in [9.17, 15) is 13.2 Å². The van der Waals surface area contributed by atoms with Crippen molar-refractivity contribution in [3.8, 4) is 0 Å². The van der Waals surface area contributed by atoms with E-state index in [2.05, 4.69) is 22.1 Å². The van der Waals surface area contributed by atoms with Crippen molar-refractivity contribution in [3.63, 3.8) is 0 Å². The summed E-state index contributed by atoms with van der Waals surface area (Å²) < 4.78 is 24.3. The minimum Gasteiger partial charge on any atom is -0.325 e. The van der Waals surface area contributed by atoms with Crippen molar-refractivity contribution >= 4 is 33.4 Å². The number of carbonyl (C=O) groups is 1. The molecule has 1 heterocycles. The zero-order valence-electron chi connectivity index (χ0n) is 13.8. The van der Waals surface area contributed by atoms with Crippen LogP contribution in [0.25, 0.3) is 0 Å². The molecule has 1 amide bonds. The highest BCUT2D eigenvalue weighted by Crippen LogP contribution is 2.23. The summed E-state index contributed by atoms with van der Waals surface area (Å²) in [5.41, 5.74) is 0.480. The quantitative estimate of drug-likeness (QED) is 0.554. The van der Waals surface area contributed by atoms with Gasteiger partial charge in [0.2, 0.25) is 15.9 Å². The van der Waals surface area contributed by atoms with Gasteiger partial charge in [-0.2, -0.15) is 0 Å². The lowest BCUT2D eigenvalue weighted by Crippen LogP contribution is -2.23. The number of hydrogen-bond donors (Lipinski definition) is 2. The van der Waals surface area contributed by atoms with Gasteiger partial charge in [0.05, 0.1) is 10.1 Å². The Bertz CT molecular complexity index is 875. The maximum absolute atomic E-state index is 12.3. The van der Waals surface area contributed by atoms with Crippen molar-refractivity contribution < 1.29 is 13.2 Å². The Hall–Kier alpha value is -2.17. The van der Waals surface area contributed by atoms with Crippen molar-refractivity contribution in [1.29, 1.82) is 0 Å². The molecule has 1 aromatic carbocycles. The van der Waals surface area contributed by atoms with Crippen molar-refractivity contribution in [3.05, 3.63) is 42.7 Å². The number of thioether (sulfide) groups is 1. The van der Waals surface area contributed by atoms with Gasteiger partial charge >= 0.3 is 0 Å². The van der Waals surface area contributed by atoms with Gasteiger partial charge in [-0.1, -0.05) is 17.8 Å². The molecule has 0 radical (unpaired) electrons. The second-order valence-corrected chi connectivity index (χ2v) is 8.12. The number of anilines is 1. The molecule has 8 nitrogen and oxygen atoms in total. The van der Waals surface area contributed by atoms with Crippen molar-refractivity contribution in [2.24, 2.45) is 5.14 Å². The third kappa shape index (κ3) is 4.91. The Balaban J connectivity index is 2.04. The van der Waals surface area contributed by atoms with E-state index in [1.165, 1.54) is 36.0 Å². The highest BCUT2D eigenvalue weighted by Gasteiger charge is 2.19. The Morgan fingerprint density at radius 1 is 1.40 bits per heavy atom.